The van der Waals surface area contributed by atoms with Gasteiger partial charge in [0.1, 0.15) is 18.2 Å². The number of nitrogens with zero attached hydrogens (tertiary/aromatic N) is 1. The predicted octanol–water partition coefficient (Wildman–Crippen LogP) is 9.46. The van der Waals surface area contributed by atoms with Crippen molar-refractivity contribution in [1.82, 2.24) is 0 Å². The minimum atomic E-state index is -0.462. The second-order valence-corrected chi connectivity index (χ2v) is 12.5. The van der Waals surface area contributed by atoms with Crippen LogP contribution >= 0.6 is 0 Å². The minimum Gasteiger partial charge on any atom is -0.475 e. The number of benzene rings is 2. The Morgan fingerprint density at radius 3 is 2.22 bits per heavy atom. The first-order valence-electron chi connectivity index (χ1n) is 14.7. The standard InChI is InChI=1S/C33H43F2NO/c1-4-5-6-7-8-22-9-10-26-18-27(16-15-25(26)17-22)28-19-29(34)31(30(35)20-28)23-11-13-24(14-12-23)32-36-33(2,3)21-37-32/h11-14,19-20,22,25-27H,4-10,15-18,21H2,1-3H3/t22?,25-,26-,27-/m1/s1. The number of fused-ring (bicyclic) bond motifs is 1. The highest BCUT2D eigenvalue weighted by Crippen LogP contribution is 2.49. The van der Waals surface area contributed by atoms with Gasteiger partial charge in [0.05, 0.1) is 11.1 Å². The molecule has 2 aromatic carbocycles. The van der Waals surface area contributed by atoms with E-state index in [1.807, 2.05) is 26.0 Å². The van der Waals surface area contributed by atoms with Crippen LogP contribution in [0.25, 0.3) is 11.1 Å². The largest absolute Gasteiger partial charge is 0.475 e. The Kier molecular flexibility index (Phi) is 8.02. The summed E-state index contributed by atoms with van der Waals surface area (Å²) in [6, 6.07) is 10.4. The van der Waals surface area contributed by atoms with Crippen molar-refractivity contribution in [2.24, 2.45) is 22.7 Å². The van der Waals surface area contributed by atoms with Gasteiger partial charge >= 0.3 is 0 Å². The van der Waals surface area contributed by atoms with Gasteiger partial charge in [-0.15, -0.1) is 0 Å². The Morgan fingerprint density at radius 1 is 0.865 bits per heavy atom. The average Bonchev–Trinajstić information content (AvgIpc) is 3.25. The summed E-state index contributed by atoms with van der Waals surface area (Å²) in [5.41, 5.74) is 2.03. The van der Waals surface area contributed by atoms with Crippen molar-refractivity contribution < 1.29 is 13.5 Å². The zero-order valence-corrected chi connectivity index (χ0v) is 22.9. The van der Waals surface area contributed by atoms with Gasteiger partial charge < -0.3 is 4.74 Å². The Morgan fingerprint density at radius 2 is 1.54 bits per heavy atom. The van der Waals surface area contributed by atoms with E-state index in [0.717, 1.165) is 41.7 Å². The molecule has 0 amide bonds. The van der Waals surface area contributed by atoms with Gasteiger partial charge in [-0.1, -0.05) is 57.6 Å². The maximum atomic E-state index is 15.3. The third-order valence-corrected chi connectivity index (χ3v) is 9.11. The molecule has 0 N–H and O–H groups in total. The molecule has 2 aromatic rings. The summed E-state index contributed by atoms with van der Waals surface area (Å²) in [4.78, 5) is 4.59. The third kappa shape index (κ3) is 6.10. The molecule has 37 heavy (non-hydrogen) atoms. The minimum absolute atomic E-state index is 0.0576. The summed E-state index contributed by atoms with van der Waals surface area (Å²) in [6.07, 6.45) is 14.2. The lowest BCUT2D eigenvalue weighted by molar-refractivity contribution is 0.113. The van der Waals surface area contributed by atoms with Gasteiger partial charge in [0.15, 0.2) is 0 Å². The lowest BCUT2D eigenvalue weighted by Gasteiger charge is -2.42. The maximum Gasteiger partial charge on any atom is 0.216 e. The maximum absolute atomic E-state index is 15.3. The first kappa shape index (κ1) is 26.4. The third-order valence-electron chi connectivity index (χ3n) is 9.11. The van der Waals surface area contributed by atoms with Gasteiger partial charge in [0.25, 0.3) is 0 Å². The van der Waals surface area contributed by atoms with Crippen molar-refractivity contribution in [1.29, 1.82) is 0 Å². The number of ether oxygens (including phenoxy) is 1. The number of hydrogen-bond acceptors (Lipinski definition) is 2. The molecule has 0 bridgehead atoms. The second-order valence-electron chi connectivity index (χ2n) is 12.5. The summed E-state index contributed by atoms with van der Waals surface area (Å²) in [7, 11) is 0. The fraction of sp³-hybridized carbons (Fsp3) is 0.606. The van der Waals surface area contributed by atoms with E-state index in [0.29, 0.717) is 18.1 Å². The number of rotatable bonds is 8. The summed E-state index contributed by atoms with van der Waals surface area (Å²) in [5, 5.41) is 0. The van der Waals surface area contributed by atoms with E-state index in [1.54, 1.807) is 24.3 Å². The molecule has 0 saturated heterocycles. The van der Waals surface area contributed by atoms with E-state index < -0.39 is 11.6 Å². The molecule has 0 aromatic heterocycles. The molecule has 3 aliphatic rings. The molecule has 0 spiro atoms. The molecule has 200 valence electrons. The highest BCUT2D eigenvalue weighted by molar-refractivity contribution is 5.95. The molecule has 2 fully saturated rings. The van der Waals surface area contributed by atoms with Crippen molar-refractivity contribution >= 4 is 5.90 Å². The Balaban J connectivity index is 1.23. The Hall–Kier alpha value is -2.23. The summed E-state index contributed by atoms with van der Waals surface area (Å²) in [6.45, 7) is 6.86. The lowest BCUT2D eigenvalue weighted by atomic mass is 9.63. The fourth-order valence-corrected chi connectivity index (χ4v) is 7.03. The molecule has 2 nitrogen and oxygen atoms in total. The van der Waals surface area contributed by atoms with Crippen LogP contribution in [0.15, 0.2) is 41.4 Å². The van der Waals surface area contributed by atoms with Gasteiger partial charge in [0.2, 0.25) is 5.90 Å². The molecular weight excluding hydrogens is 464 g/mol. The first-order chi connectivity index (χ1) is 17.8. The van der Waals surface area contributed by atoms with Gasteiger partial charge in [-0.2, -0.15) is 0 Å². The van der Waals surface area contributed by atoms with Crippen LogP contribution in [0.4, 0.5) is 8.78 Å². The van der Waals surface area contributed by atoms with E-state index in [1.165, 1.54) is 57.8 Å². The van der Waals surface area contributed by atoms with Crippen molar-refractivity contribution in [2.45, 2.75) is 103 Å². The van der Waals surface area contributed by atoms with E-state index in [-0.39, 0.29) is 17.0 Å². The predicted molar refractivity (Wildman–Crippen MR) is 148 cm³/mol. The van der Waals surface area contributed by atoms with Crippen molar-refractivity contribution in [3.05, 3.63) is 59.2 Å². The van der Waals surface area contributed by atoms with Crippen LogP contribution in [0.1, 0.15) is 108 Å². The van der Waals surface area contributed by atoms with Crippen LogP contribution in [-0.4, -0.2) is 18.0 Å². The molecule has 1 unspecified atom stereocenters. The quantitative estimate of drug-likeness (QED) is 0.326. The normalized spacial score (nSPS) is 26.9. The monoisotopic (exact) mass is 507 g/mol. The summed E-state index contributed by atoms with van der Waals surface area (Å²) < 4.78 is 36.3. The zero-order chi connectivity index (χ0) is 26.0. The Labute approximate surface area is 221 Å². The van der Waals surface area contributed by atoms with Gasteiger partial charge in [0, 0.05) is 5.56 Å². The summed E-state index contributed by atoms with van der Waals surface area (Å²) in [5.74, 6) is 2.36. The van der Waals surface area contributed by atoms with E-state index in [4.69, 9.17) is 4.74 Å². The smallest absolute Gasteiger partial charge is 0.216 e. The number of unbranched alkanes of at least 4 members (excludes halogenated alkanes) is 3. The molecule has 1 aliphatic heterocycles. The van der Waals surface area contributed by atoms with E-state index in [9.17, 15) is 0 Å². The van der Waals surface area contributed by atoms with Gasteiger partial charge in [-0.25, -0.2) is 13.8 Å². The van der Waals surface area contributed by atoms with Crippen molar-refractivity contribution in [2.75, 3.05) is 6.61 Å². The molecule has 2 aliphatic carbocycles. The second kappa shape index (κ2) is 11.3. The van der Waals surface area contributed by atoms with E-state index in [2.05, 4.69) is 11.9 Å². The molecular formula is C33H43F2NO. The van der Waals surface area contributed by atoms with Crippen LogP contribution < -0.4 is 0 Å². The number of halogens is 2. The SMILES string of the molecule is CCCCCCC1CC[C@@H]2C[C@H](c3cc(F)c(-c4ccc(C5=NC(C)(C)CO5)cc4)c(F)c3)CC[C@@H]2C1. The van der Waals surface area contributed by atoms with Gasteiger partial charge in [-0.05, 0) is 105 Å². The van der Waals surface area contributed by atoms with Crippen LogP contribution in [-0.2, 0) is 4.74 Å². The van der Waals surface area contributed by atoms with Crippen molar-refractivity contribution in [3.8, 4) is 11.1 Å². The average molecular weight is 508 g/mol. The van der Waals surface area contributed by atoms with E-state index >= 15 is 8.78 Å². The highest BCUT2D eigenvalue weighted by atomic mass is 19.1. The van der Waals surface area contributed by atoms with Crippen LogP contribution in [0.2, 0.25) is 0 Å². The molecule has 4 atom stereocenters. The molecule has 4 heteroatoms. The van der Waals surface area contributed by atoms with Gasteiger partial charge in [-0.3, -0.25) is 0 Å². The zero-order valence-electron chi connectivity index (χ0n) is 22.9. The highest BCUT2D eigenvalue weighted by Gasteiger charge is 2.36. The lowest BCUT2D eigenvalue weighted by Crippen LogP contribution is -2.30. The molecule has 5 rings (SSSR count). The molecule has 2 saturated carbocycles. The molecule has 0 radical (unpaired) electrons. The van der Waals surface area contributed by atoms with Crippen molar-refractivity contribution in [3.63, 3.8) is 0 Å². The first-order valence-corrected chi connectivity index (χ1v) is 14.7. The number of aliphatic imine (C=N–C) groups is 1. The van der Waals surface area contributed by atoms with Crippen LogP contribution in [0.3, 0.4) is 0 Å². The summed E-state index contributed by atoms with van der Waals surface area (Å²) >= 11 is 0. The fourth-order valence-electron chi connectivity index (χ4n) is 7.03. The molecule has 1 heterocycles. The topological polar surface area (TPSA) is 21.6 Å². The Bertz CT molecular complexity index is 1080. The van der Waals surface area contributed by atoms with Crippen LogP contribution in [0.5, 0.6) is 0 Å². The number of hydrogen-bond donors (Lipinski definition) is 0. The van der Waals surface area contributed by atoms with Crippen LogP contribution in [0, 0.1) is 29.4 Å².